The van der Waals surface area contributed by atoms with Gasteiger partial charge in [-0.1, -0.05) is 26.7 Å². The van der Waals surface area contributed by atoms with E-state index in [1.54, 1.807) is 0 Å². The Morgan fingerprint density at radius 2 is 1.74 bits per heavy atom. The molecular weight excluding hydrogens is 264 g/mol. The van der Waals surface area contributed by atoms with E-state index >= 15 is 0 Å². The fraction of sp³-hybridized carbons (Fsp3) is 0.615. The van der Waals surface area contributed by atoms with Gasteiger partial charge in [0.25, 0.3) is 0 Å². The van der Waals surface area contributed by atoms with E-state index in [1.165, 1.54) is 22.8 Å². The van der Waals surface area contributed by atoms with Crippen LogP contribution in [0.15, 0.2) is 28.2 Å². The fourth-order valence-electron chi connectivity index (χ4n) is 1.76. The molecule has 0 amide bonds. The molecule has 0 saturated carbocycles. The number of hydrogen-bond acceptors (Lipinski definition) is 3. The van der Waals surface area contributed by atoms with Gasteiger partial charge in [0.2, 0.25) is 15.5 Å². The van der Waals surface area contributed by atoms with Crippen molar-refractivity contribution in [2.75, 3.05) is 13.1 Å². The van der Waals surface area contributed by atoms with Gasteiger partial charge >= 0.3 is 0 Å². The van der Waals surface area contributed by atoms with Gasteiger partial charge in [0.15, 0.2) is 0 Å². The van der Waals surface area contributed by atoms with E-state index in [4.69, 9.17) is 0 Å². The highest BCUT2D eigenvalue weighted by molar-refractivity contribution is 7.89. The lowest BCUT2D eigenvalue weighted by molar-refractivity contribution is 0.395. The number of sulfonamides is 1. The second kappa shape index (κ2) is 7.45. The first-order valence-corrected chi connectivity index (χ1v) is 8.15. The first-order valence-electron chi connectivity index (χ1n) is 6.71. The van der Waals surface area contributed by atoms with Gasteiger partial charge in [-0.25, -0.2) is 8.42 Å². The number of H-pyrrole nitrogens is 1. The van der Waals surface area contributed by atoms with Crippen molar-refractivity contribution in [2.45, 2.75) is 44.4 Å². The van der Waals surface area contributed by atoms with E-state index in [0.29, 0.717) is 13.1 Å². The molecular formula is C13H22N2O3S. The molecule has 0 spiro atoms. The van der Waals surface area contributed by atoms with E-state index in [0.717, 1.165) is 25.7 Å². The van der Waals surface area contributed by atoms with Gasteiger partial charge in [0.05, 0.1) is 0 Å². The van der Waals surface area contributed by atoms with Crippen LogP contribution in [-0.4, -0.2) is 30.8 Å². The first kappa shape index (κ1) is 15.9. The maximum Gasteiger partial charge on any atom is 0.248 e. The Labute approximate surface area is 114 Å². The summed E-state index contributed by atoms with van der Waals surface area (Å²) in [5, 5.41) is 0. The van der Waals surface area contributed by atoms with Crippen LogP contribution in [0, 0.1) is 0 Å². The largest absolute Gasteiger partial charge is 0.366 e. The van der Waals surface area contributed by atoms with Crippen LogP contribution in [0.25, 0.3) is 0 Å². The van der Waals surface area contributed by atoms with E-state index < -0.39 is 15.5 Å². The summed E-state index contributed by atoms with van der Waals surface area (Å²) >= 11 is 0. The van der Waals surface area contributed by atoms with Crippen molar-refractivity contribution in [2.24, 2.45) is 0 Å². The molecule has 0 fully saturated rings. The molecule has 0 aliphatic carbocycles. The van der Waals surface area contributed by atoms with Crippen molar-refractivity contribution in [3.63, 3.8) is 0 Å². The molecule has 1 N–H and O–H groups in total. The van der Waals surface area contributed by atoms with E-state index in [2.05, 4.69) is 4.98 Å². The second-order valence-electron chi connectivity index (χ2n) is 4.48. The van der Waals surface area contributed by atoms with Crippen molar-refractivity contribution < 1.29 is 8.42 Å². The van der Waals surface area contributed by atoms with Gasteiger partial charge < -0.3 is 4.98 Å². The Kier molecular flexibility index (Phi) is 6.24. The Hall–Kier alpha value is -1.14. The van der Waals surface area contributed by atoms with E-state index in [9.17, 15) is 13.2 Å². The molecule has 1 heterocycles. The molecule has 0 aliphatic heterocycles. The van der Waals surface area contributed by atoms with Gasteiger partial charge in [-0.3, -0.25) is 4.79 Å². The van der Waals surface area contributed by atoms with E-state index in [1.807, 2.05) is 13.8 Å². The molecule has 19 heavy (non-hydrogen) atoms. The molecule has 5 nitrogen and oxygen atoms in total. The van der Waals surface area contributed by atoms with Crippen LogP contribution >= 0.6 is 0 Å². The smallest absolute Gasteiger partial charge is 0.248 e. The summed E-state index contributed by atoms with van der Waals surface area (Å²) in [6, 6.07) is 1.24. The Morgan fingerprint density at radius 3 is 2.21 bits per heavy atom. The fourth-order valence-corrected chi connectivity index (χ4v) is 3.32. The van der Waals surface area contributed by atoms with Crippen molar-refractivity contribution in [3.05, 3.63) is 28.7 Å². The maximum atomic E-state index is 12.5. The number of nitrogens with zero attached hydrogens (tertiary/aromatic N) is 1. The molecule has 0 saturated heterocycles. The van der Waals surface area contributed by atoms with Gasteiger partial charge in [0, 0.05) is 31.5 Å². The minimum Gasteiger partial charge on any atom is -0.366 e. The predicted octanol–water partition coefficient (Wildman–Crippen LogP) is 1.97. The zero-order chi connectivity index (χ0) is 14.3. The van der Waals surface area contributed by atoms with E-state index in [-0.39, 0.29) is 4.90 Å². The standard InChI is InChI=1S/C13H22N2O3S/c1-3-5-9-15(10-6-4-2)19(17,18)13-11-14-8-7-12(13)16/h7-8,11H,3-6,9-10H2,1-2H3,(H,14,16). The lowest BCUT2D eigenvalue weighted by Crippen LogP contribution is -2.35. The van der Waals surface area contributed by atoms with Gasteiger partial charge in [-0.2, -0.15) is 4.31 Å². The Balaban J connectivity index is 3.04. The molecule has 0 atom stereocenters. The third-order valence-corrected chi connectivity index (χ3v) is 4.85. The quantitative estimate of drug-likeness (QED) is 0.794. The predicted molar refractivity (Wildman–Crippen MR) is 75.6 cm³/mol. The highest BCUT2D eigenvalue weighted by Gasteiger charge is 2.25. The molecule has 1 rings (SSSR count). The van der Waals surface area contributed by atoms with Gasteiger partial charge in [-0.05, 0) is 12.8 Å². The monoisotopic (exact) mass is 286 g/mol. The van der Waals surface area contributed by atoms with Crippen molar-refractivity contribution in [1.29, 1.82) is 0 Å². The molecule has 0 aromatic carbocycles. The number of aromatic nitrogens is 1. The highest BCUT2D eigenvalue weighted by Crippen LogP contribution is 2.13. The number of rotatable bonds is 8. The summed E-state index contributed by atoms with van der Waals surface area (Å²) in [5.74, 6) is 0. The molecule has 1 aromatic rings. The molecule has 0 aliphatic rings. The van der Waals surface area contributed by atoms with Crippen LogP contribution in [0.2, 0.25) is 0 Å². The van der Waals surface area contributed by atoms with Crippen molar-refractivity contribution >= 4 is 10.0 Å². The molecule has 6 heteroatoms. The van der Waals surface area contributed by atoms with Crippen LogP contribution in [0.3, 0.4) is 0 Å². The summed E-state index contributed by atoms with van der Waals surface area (Å²) in [5.41, 5.74) is -0.461. The SMILES string of the molecule is CCCCN(CCCC)S(=O)(=O)c1c[nH]ccc1=O. The maximum absolute atomic E-state index is 12.5. The van der Waals surface area contributed by atoms with Crippen LogP contribution in [0.1, 0.15) is 39.5 Å². The lowest BCUT2D eigenvalue weighted by atomic mass is 10.3. The number of pyridine rings is 1. The topological polar surface area (TPSA) is 70.2 Å². The zero-order valence-corrected chi connectivity index (χ0v) is 12.4. The van der Waals surface area contributed by atoms with Crippen LogP contribution < -0.4 is 5.43 Å². The van der Waals surface area contributed by atoms with Gasteiger partial charge in [-0.15, -0.1) is 0 Å². The van der Waals surface area contributed by atoms with Crippen LogP contribution in [0.4, 0.5) is 0 Å². The molecule has 108 valence electrons. The number of unbranched alkanes of at least 4 members (excludes halogenated alkanes) is 2. The van der Waals surface area contributed by atoms with Gasteiger partial charge in [0.1, 0.15) is 4.90 Å². The van der Waals surface area contributed by atoms with Crippen LogP contribution in [-0.2, 0) is 10.0 Å². The molecule has 0 unspecified atom stereocenters. The summed E-state index contributed by atoms with van der Waals surface area (Å²) < 4.78 is 26.4. The average Bonchev–Trinajstić information content (AvgIpc) is 2.39. The minimum atomic E-state index is -3.69. The first-order chi connectivity index (χ1) is 9.04. The zero-order valence-electron chi connectivity index (χ0n) is 11.6. The second-order valence-corrected chi connectivity index (χ2v) is 6.39. The third-order valence-electron chi connectivity index (χ3n) is 2.93. The van der Waals surface area contributed by atoms with Crippen LogP contribution in [0.5, 0.6) is 0 Å². The number of hydrogen-bond donors (Lipinski definition) is 1. The molecule has 0 radical (unpaired) electrons. The summed E-state index contributed by atoms with van der Waals surface area (Å²) in [4.78, 5) is 14.2. The summed E-state index contributed by atoms with van der Waals surface area (Å²) in [6.45, 7) is 4.96. The summed E-state index contributed by atoms with van der Waals surface area (Å²) in [7, 11) is -3.69. The van der Waals surface area contributed by atoms with Crippen molar-refractivity contribution in [3.8, 4) is 0 Å². The molecule has 1 aromatic heterocycles. The third kappa shape index (κ3) is 4.18. The highest BCUT2D eigenvalue weighted by atomic mass is 32.2. The number of nitrogens with one attached hydrogen (secondary N) is 1. The Morgan fingerprint density at radius 1 is 1.16 bits per heavy atom. The Bertz CT molecular complexity index is 529. The van der Waals surface area contributed by atoms with Crippen molar-refractivity contribution in [1.82, 2.24) is 9.29 Å². The summed E-state index contributed by atoms with van der Waals surface area (Å²) in [6.07, 6.45) is 6.14. The average molecular weight is 286 g/mol. The lowest BCUT2D eigenvalue weighted by Gasteiger charge is -2.21. The number of aromatic amines is 1. The minimum absolute atomic E-state index is 0.165. The normalized spacial score (nSPS) is 11.9. The molecule has 0 bridgehead atoms.